The number of rotatable bonds is 10. The Hall–Kier alpha value is -5.80. The molecule has 2 amide bonds. The monoisotopic (exact) mass is 655 g/mol. The topological polar surface area (TPSA) is 98.7 Å². The lowest BCUT2D eigenvalue weighted by Crippen LogP contribution is -2.30. The summed E-state index contributed by atoms with van der Waals surface area (Å²) in [6.45, 7) is 1.89. The number of carbonyl (C=O) groups is 3. The fourth-order valence-electron chi connectivity index (χ4n) is 5.54. The number of nitrogens with zero attached hydrogens (tertiary/aromatic N) is 1. The molecule has 0 spiro atoms. The van der Waals surface area contributed by atoms with E-state index >= 15 is 0 Å². The van der Waals surface area contributed by atoms with Gasteiger partial charge in [-0.1, -0.05) is 66.7 Å². The van der Waals surface area contributed by atoms with Gasteiger partial charge in [0.1, 0.15) is 5.70 Å². The highest BCUT2D eigenvalue weighted by Crippen LogP contribution is 2.33. The standard InChI is InChI=1S/C39H33N3O5S/c1-25(39(45)42-33-17-9-7-15-30(33)31-16-8-10-18-34(31)42)48-29-22-20-28(21-23-29)40-38(44)32(41-37(43)26-12-5-4-6-13-26)24-27-14-11-19-35(46-2)36(27)47-3/h4-25H,1-3H3,(H,40,44)(H,41,43)/b32-24-. The number of thioether (sulfide) groups is 1. The average molecular weight is 656 g/mol. The summed E-state index contributed by atoms with van der Waals surface area (Å²) in [7, 11) is 3.04. The minimum absolute atomic E-state index is 0.0132. The number of ether oxygens (including phenoxy) is 2. The van der Waals surface area contributed by atoms with Crippen molar-refractivity contribution in [3.8, 4) is 11.5 Å². The first-order chi connectivity index (χ1) is 23.4. The van der Waals surface area contributed by atoms with Crippen LogP contribution < -0.4 is 20.1 Å². The summed E-state index contributed by atoms with van der Waals surface area (Å²) in [4.78, 5) is 41.4. The second-order valence-corrected chi connectivity index (χ2v) is 12.3. The summed E-state index contributed by atoms with van der Waals surface area (Å²) in [5.41, 5.74) is 3.24. The number of amides is 2. The molecule has 1 aromatic heterocycles. The molecule has 240 valence electrons. The summed E-state index contributed by atoms with van der Waals surface area (Å²) in [5.74, 6) is -0.0804. The van der Waals surface area contributed by atoms with Crippen LogP contribution in [0.1, 0.15) is 27.6 Å². The zero-order chi connectivity index (χ0) is 33.6. The summed E-state index contributed by atoms with van der Waals surface area (Å²) >= 11 is 1.44. The average Bonchev–Trinajstić information content (AvgIpc) is 3.46. The van der Waals surface area contributed by atoms with Crippen LogP contribution in [-0.4, -0.2) is 41.8 Å². The molecule has 0 aliphatic heterocycles. The van der Waals surface area contributed by atoms with Crippen molar-refractivity contribution in [3.05, 3.63) is 138 Å². The third-order valence-corrected chi connectivity index (χ3v) is 8.93. The quantitative estimate of drug-likeness (QED) is 0.115. The van der Waals surface area contributed by atoms with Gasteiger partial charge in [0.2, 0.25) is 5.91 Å². The van der Waals surface area contributed by atoms with Gasteiger partial charge in [0.15, 0.2) is 11.5 Å². The van der Waals surface area contributed by atoms with Crippen molar-refractivity contribution in [3.63, 3.8) is 0 Å². The first-order valence-corrected chi connectivity index (χ1v) is 16.2. The molecular formula is C39H33N3O5S. The number of fused-ring (bicyclic) bond motifs is 3. The largest absolute Gasteiger partial charge is 0.493 e. The number of aromatic nitrogens is 1. The van der Waals surface area contributed by atoms with E-state index < -0.39 is 11.8 Å². The number of benzene rings is 5. The van der Waals surface area contributed by atoms with Gasteiger partial charge in [0.05, 0.1) is 30.5 Å². The Labute approximate surface area is 282 Å². The molecule has 6 aromatic rings. The predicted molar refractivity (Wildman–Crippen MR) is 192 cm³/mol. The van der Waals surface area contributed by atoms with Gasteiger partial charge in [-0.15, -0.1) is 11.8 Å². The van der Waals surface area contributed by atoms with Gasteiger partial charge in [0, 0.05) is 32.5 Å². The Kier molecular flexibility index (Phi) is 9.59. The lowest BCUT2D eigenvalue weighted by Gasteiger charge is -2.15. The van der Waals surface area contributed by atoms with Crippen molar-refractivity contribution in [1.29, 1.82) is 0 Å². The van der Waals surface area contributed by atoms with Crippen LogP contribution in [0, 0.1) is 0 Å². The number of anilines is 1. The fourth-order valence-corrected chi connectivity index (χ4v) is 6.44. The second kappa shape index (κ2) is 14.3. The van der Waals surface area contributed by atoms with E-state index in [1.54, 1.807) is 65.2 Å². The van der Waals surface area contributed by atoms with Crippen LogP contribution in [-0.2, 0) is 4.79 Å². The van der Waals surface area contributed by atoms with E-state index in [0.29, 0.717) is 28.3 Å². The molecule has 9 heteroatoms. The van der Waals surface area contributed by atoms with Gasteiger partial charge in [-0.25, -0.2) is 0 Å². The molecule has 48 heavy (non-hydrogen) atoms. The van der Waals surface area contributed by atoms with Crippen LogP contribution in [0.4, 0.5) is 5.69 Å². The summed E-state index contributed by atoms with van der Waals surface area (Å²) in [6.07, 6.45) is 1.55. The van der Waals surface area contributed by atoms with E-state index in [4.69, 9.17) is 9.47 Å². The maximum atomic E-state index is 13.8. The minimum Gasteiger partial charge on any atom is -0.493 e. The van der Waals surface area contributed by atoms with E-state index in [1.807, 2.05) is 73.7 Å². The lowest BCUT2D eigenvalue weighted by atomic mass is 10.1. The molecule has 0 radical (unpaired) electrons. The van der Waals surface area contributed by atoms with Crippen molar-refractivity contribution in [2.75, 3.05) is 19.5 Å². The second-order valence-electron chi connectivity index (χ2n) is 10.9. The molecule has 0 aliphatic rings. The molecule has 0 bridgehead atoms. The normalized spacial score (nSPS) is 12.0. The van der Waals surface area contributed by atoms with Gasteiger partial charge < -0.3 is 20.1 Å². The third kappa shape index (κ3) is 6.67. The zero-order valence-corrected chi connectivity index (χ0v) is 27.4. The minimum atomic E-state index is -0.528. The number of carbonyl (C=O) groups excluding carboxylic acids is 3. The maximum Gasteiger partial charge on any atom is 0.272 e. The molecule has 1 atom stereocenters. The molecular weight excluding hydrogens is 623 g/mol. The Bertz CT molecular complexity index is 2100. The van der Waals surface area contributed by atoms with Crippen molar-refractivity contribution in [1.82, 2.24) is 9.88 Å². The number of methoxy groups -OCH3 is 2. The Morgan fingerprint density at radius 1 is 0.729 bits per heavy atom. The fraction of sp³-hybridized carbons (Fsp3) is 0.103. The van der Waals surface area contributed by atoms with Gasteiger partial charge in [-0.05, 0) is 67.6 Å². The van der Waals surface area contributed by atoms with E-state index in [0.717, 1.165) is 26.7 Å². The van der Waals surface area contributed by atoms with Crippen LogP contribution in [0.3, 0.4) is 0 Å². The van der Waals surface area contributed by atoms with Crippen LogP contribution in [0.15, 0.2) is 132 Å². The summed E-state index contributed by atoms with van der Waals surface area (Å²) in [5, 5.41) is 7.32. The molecule has 6 rings (SSSR count). The van der Waals surface area contributed by atoms with Gasteiger partial charge in [-0.2, -0.15) is 0 Å². The molecule has 1 unspecified atom stereocenters. The first kappa shape index (κ1) is 32.2. The molecule has 8 nitrogen and oxygen atoms in total. The van der Waals surface area contributed by atoms with E-state index in [9.17, 15) is 14.4 Å². The summed E-state index contributed by atoms with van der Waals surface area (Å²) < 4.78 is 12.7. The van der Waals surface area contributed by atoms with Crippen LogP contribution in [0.5, 0.6) is 11.5 Å². The van der Waals surface area contributed by atoms with Crippen molar-refractivity contribution >= 4 is 63.1 Å². The lowest BCUT2D eigenvalue weighted by molar-refractivity contribution is -0.113. The SMILES string of the molecule is COc1cccc(/C=C(\NC(=O)c2ccccc2)C(=O)Nc2ccc(SC(C)C(=O)n3c4ccccc4c4ccccc43)cc2)c1OC. The van der Waals surface area contributed by atoms with Crippen molar-refractivity contribution < 1.29 is 23.9 Å². The van der Waals surface area contributed by atoms with Gasteiger partial charge >= 0.3 is 0 Å². The highest BCUT2D eigenvalue weighted by molar-refractivity contribution is 8.00. The summed E-state index contributed by atoms with van der Waals surface area (Å²) in [6, 6.07) is 37.0. The van der Waals surface area contributed by atoms with E-state index in [1.165, 1.54) is 26.0 Å². The predicted octanol–water partition coefficient (Wildman–Crippen LogP) is 8.04. The molecule has 2 N–H and O–H groups in total. The first-order valence-electron chi connectivity index (χ1n) is 15.3. The van der Waals surface area contributed by atoms with Crippen molar-refractivity contribution in [2.24, 2.45) is 0 Å². The molecule has 0 aliphatic carbocycles. The van der Waals surface area contributed by atoms with Crippen LogP contribution in [0.25, 0.3) is 27.9 Å². The molecule has 0 fully saturated rings. The number of para-hydroxylation sites is 3. The molecule has 0 saturated heterocycles. The Morgan fingerprint density at radius 2 is 1.35 bits per heavy atom. The van der Waals surface area contributed by atoms with E-state index in [2.05, 4.69) is 10.6 Å². The van der Waals surface area contributed by atoms with Crippen LogP contribution >= 0.6 is 11.8 Å². The van der Waals surface area contributed by atoms with Gasteiger partial charge in [0.25, 0.3) is 11.8 Å². The van der Waals surface area contributed by atoms with E-state index in [-0.39, 0.29) is 16.9 Å². The Balaban J connectivity index is 1.21. The highest BCUT2D eigenvalue weighted by Gasteiger charge is 2.22. The van der Waals surface area contributed by atoms with Gasteiger partial charge in [-0.3, -0.25) is 19.0 Å². The Morgan fingerprint density at radius 3 is 1.98 bits per heavy atom. The number of nitrogens with one attached hydrogen (secondary N) is 2. The molecule has 5 aromatic carbocycles. The van der Waals surface area contributed by atoms with Crippen molar-refractivity contribution in [2.45, 2.75) is 17.1 Å². The third-order valence-electron chi connectivity index (χ3n) is 7.84. The maximum absolute atomic E-state index is 13.8. The highest BCUT2D eigenvalue weighted by atomic mass is 32.2. The molecule has 0 saturated carbocycles. The zero-order valence-electron chi connectivity index (χ0n) is 26.6. The smallest absolute Gasteiger partial charge is 0.272 e. The van der Waals surface area contributed by atoms with Crippen LogP contribution in [0.2, 0.25) is 0 Å². The number of hydrogen-bond donors (Lipinski definition) is 2. The molecule has 1 heterocycles. The number of hydrogen-bond acceptors (Lipinski definition) is 6.